The maximum atomic E-state index is 12.2. The topological polar surface area (TPSA) is 70.7 Å². The molecule has 7 heteroatoms. The predicted molar refractivity (Wildman–Crippen MR) is 120 cm³/mol. The van der Waals surface area contributed by atoms with E-state index in [2.05, 4.69) is 15.5 Å². The number of hydrogen-bond donors (Lipinski definition) is 2. The van der Waals surface area contributed by atoms with Crippen LogP contribution >= 0.6 is 11.8 Å². The van der Waals surface area contributed by atoms with E-state index in [-0.39, 0.29) is 29.4 Å². The van der Waals surface area contributed by atoms with E-state index in [1.165, 1.54) is 11.8 Å². The van der Waals surface area contributed by atoms with Crippen LogP contribution in [0.15, 0.2) is 48.5 Å². The molecule has 1 atom stereocenters. The first-order chi connectivity index (χ1) is 13.9. The first-order valence-electron chi connectivity index (χ1n) is 9.40. The smallest absolute Gasteiger partial charge is 0.234 e. The van der Waals surface area contributed by atoms with Gasteiger partial charge in [-0.05, 0) is 56.4 Å². The Morgan fingerprint density at radius 1 is 1.07 bits per heavy atom. The molecule has 2 amide bonds. The van der Waals surface area contributed by atoms with Crippen LogP contribution in [0.4, 0.5) is 5.69 Å². The first-order valence-corrected chi connectivity index (χ1v) is 10.6. The van der Waals surface area contributed by atoms with Crippen LogP contribution in [0.25, 0.3) is 0 Å². The van der Waals surface area contributed by atoms with E-state index >= 15 is 0 Å². The molecule has 0 saturated carbocycles. The SMILES string of the molecule is COc1ccc([C@@H](CNC(=O)CSCC(=O)Nc2cccc(C)c2)N(C)C)cc1. The summed E-state index contributed by atoms with van der Waals surface area (Å²) in [5, 5.41) is 5.80. The number of carbonyl (C=O) groups excluding carboxylic acids is 2. The van der Waals surface area contributed by atoms with Crippen LogP contribution in [-0.4, -0.2) is 56.0 Å². The van der Waals surface area contributed by atoms with Gasteiger partial charge in [-0.3, -0.25) is 9.59 Å². The molecule has 2 rings (SSSR count). The molecule has 0 aromatic heterocycles. The minimum atomic E-state index is -0.113. The van der Waals surface area contributed by atoms with Crippen molar-refractivity contribution in [2.45, 2.75) is 13.0 Å². The molecule has 2 N–H and O–H groups in total. The maximum absolute atomic E-state index is 12.2. The minimum Gasteiger partial charge on any atom is -0.497 e. The second-order valence-corrected chi connectivity index (χ2v) is 7.95. The Morgan fingerprint density at radius 2 is 1.76 bits per heavy atom. The number of anilines is 1. The van der Waals surface area contributed by atoms with Gasteiger partial charge in [0, 0.05) is 12.2 Å². The van der Waals surface area contributed by atoms with Crippen molar-refractivity contribution >= 4 is 29.3 Å². The van der Waals surface area contributed by atoms with Crippen LogP contribution in [0, 0.1) is 6.92 Å². The molecule has 0 aliphatic rings. The van der Waals surface area contributed by atoms with Gasteiger partial charge >= 0.3 is 0 Å². The number of nitrogens with one attached hydrogen (secondary N) is 2. The highest BCUT2D eigenvalue weighted by atomic mass is 32.2. The summed E-state index contributed by atoms with van der Waals surface area (Å²) in [6, 6.07) is 15.5. The molecule has 0 radical (unpaired) electrons. The number of thioether (sulfide) groups is 1. The van der Waals surface area contributed by atoms with E-state index in [0.29, 0.717) is 6.54 Å². The largest absolute Gasteiger partial charge is 0.497 e. The lowest BCUT2D eigenvalue weighted by Crippen LogP contribution is -2.35. The summed E-state index contributed by atoms with van der Waals surface area (Å²) in [6.45, 7) is 2.47. The van der Waals surface area contributed by atoms with E-state index in [4.69, 9.17) is 4.74 Å². The minimum absolute atomic E-state index is 0.0551. The Balaban J connectivity index is 1.75. The van der Waals surface area contributed by atoms with E-state index in [1.54, 1.807) is 7.11 Å². The van der Waals surface area contributed by atoms with Crippen molar-refractivity contribution in [3.8, 4) is 5.75 Å². The van der Waals surface area contributed by atoms with Gasteiger partial charge in [-0.25, -0.2) is 0 Å². The number of likely N-dealkylation sites (N-methyl/N-ethyl adjacent to an activating group) is 1. The van der Waals surface area contributed by atoms with Crippen LogP contribution in [0.1, 0.15) is 17.2 Å². The molecule has 2 aromatic carbocycles. The van der Waals surface area contributed by atoms with Crippen LogP contribution in [0.5, 0.6) is 5.75 Å². The Bertz CT molecular complexity index is 809. The number of amides is 2. The zero-order valence-corrected chi connectivity index (χ0v) is 18.2. The van der Waals surface area contributed by atoms with Gasteiger partial charge in [-0.2, -0.15) is 0 Å². The zero-order chi connectivity index (χ0) is 21.2. The number of methoxy groups -OCH3 is 1. The molecule has 0 aliphatic heterocycles. The van der Waals surface area contributed by atoms with Gasteiger partial charge < -0.3 is 20.3 Å². The van der Waals surface area contributed by atoms with E-state index < -0.39 is 0 Å². The lowest BCUT2D eigenvalue weighted by molar-refractivity contribution is -0.118. The van der Waals surface area contributed by atoms with Crippen LogP contribution in [0.3, 0.4) is 0 Å². The monoisotopic (exact) mass is 415 g/mol. The van der Waals surface area contributed by atoms with Gasteiger partial charge in [0.25, 0.3) is 0 Å². The zero-order valence-electron chi connectivity index (χ0n) is 17.4. The van der Waals surface area contributed by atoms with Crippen LogP contribution in [0.2, 0.25) is 0 Å². The number of nitrogens with zero attached hydrogens (tertiary/aromatic N) is 1. The quantitative estimate of drug-likeness (QED) is 0.624. The molecule has 0 bridgehead atoms. The van der Waals surface area contributed by atoms with Crippen LogP contribution < -0.4 is 15.4 Å². The molecule has 0 aliphatic carbocycles. The van der Waals surface area contributed by atoms with E-state index in [9.17, 15) is 9.59 Å². The van der Waals surface area contributed by atoms with Gasteiger partial charge in [0.1, 0.15) is 5.75 Å². The second kappa shape index (κ2) is 11.5. The summed E-state index contributed by atoms with van der Waals surface area (Å²) in [4.78, 5) is 26.3. The second-order valence-electron chi connectivity index (χ2n) is 6.97. The van der Waals surface area contributed by atoms with Gasteiger partial charge in [0.05, 0.1) is 24.7 Å². The van der Waals surface area contributed by atoms with Crippen molar-refractivity contribution in [3.05, 3.63) is 59.7 Å². The van der Waals surface area contributed by atoms with Crippen molar-refractivity contribution < 1.29 is 14.3 Å². The summed E-state index contributed by atoms with van der Waals surface area (Å²) < 4.78 is 5.20. The fraction of sp³-hybridized carbons (Fsp3) is 0.364. The van der Waals surface area contributed by atoms with Crippen LogP contribution in [-0.2, 0) is 9.59 Å². The average Bonchev–Trinajstić information content (AvgIpc) is 2.68. The molecule has 6 nitrogen and oxygen atoms in total. The highest BCUT2D eigenvalue weighted by molar-refractivity contribution is 8.00. The standard InChI is InChI=1S/C22H29N3O3S/c1-16-6-5-7-18(12-16)24-22(27)15-29-14-21(26)23-13-20(25(2)3)17-8-10-19(28-4)11-9-17/h5-12,20H,13-15H2,1-4H3,(H,23,26)(H,24,27)/t20-/m1/s1. The number of ether oxygens (including phenoxy) is 1. The van der Waals surface area contributed by atoms with Crippen molar-refractivity contribution in [2.75, 3.05) is 44.6 Å². The Kier molecular flexibility index (Phi) is 9.02. The lowest BCUT2D eigenvalue weighted by Gasteiger charge is -2.25. The highest BCUT2D eigenvalue weighted by Crippen LogP contribution is 2.20. The summed E-state index contributed by atoms with van der Waals surface area (Å²) in [5.41, 5.74) is 2.96. The van der Waals surface area contributed by atoms with Crippen molar-refractivity contribution in [1.29, 1.82) is 0 Å². The van der Waals surface area contributed by atoms with Gasteiger partial charge in [-0.1, -0.05) is 24.3 Å². The number of rotatable bonds is 10. The molecular weight excluding hydrogens is 386 g/mol. The molecule has 0 heterocycles. The highest BCUT2D eigenvalue weighted by Gasteiger charge is 2.15. The molecule has 0 spiro atoms. The average molecular weight is 416 g/mol. The van der Waals surface area contributed by atoms with Crippen molar-refractivity contribution in [1.82, 2.24) is 10.2 Å². The fourth-order valence-electron chi connectivity index (χ4n) is 2.84. The Hall–Kier alpha value is -2.51. The molecule has 29 heavy (non-hydrogen) atoms. The summed E-state index contributed by atoms with van der Waals surface area (Å²) in [5.74, 6) is 1.08. The molecule has 156 valence electrons. The lowest BCUT2D eigenvalue weighted by atomic mass is 10.1. The number of benzene rings is 2. The number of aryl methyl sites for hydroxylation is 1. The van der Waals surface area contributed by atoms with E-state index in [0.717, 1.165) is 22.6 Å². The predicted octanol–water partition coefficient (Wildman–Crippen LogP) is 3.09. The molecule has 0 fully saturated rings. The number of hydrogen-bond acceptors (Lipinski definition) is 5. The maximum Gasteiger partial charge on any atom is 0.234 e. The summed E-state index contributed by atoms with van der Waals surface area (Å²) in [7, 11) is 5.59. The third-order valence-corrected chi connectivity index (χ3v) is 5.32. The molecule has 0 unspecified atom stereocenters. The Labute approximate surface area is 177 Å². The van der Waals surface area contributed by atoms with Crippen molar-refractivity contribution in [3.63, 3.8) is 0 Å². The van der Waals surface area contributed by atoms with E-state index in [1.807, 2.05) is 69.6 Å². The van der Waals surface area contributed by atoms with Gasteiger partial charge in [-0.15, -0.1) is 11.8 Å². The molecule has 2 aromatic rings. The van der Waals surface area contributed by atoms with Crippen molar-refractivity contribution in [2.24, 2.45) is 0 Å². The summed E-state index contributed by atoms with van der Waals surface area (Å²) >= 11 is 1.30. The van der Waals surface area contributed by atoms with Gasteiger partial charge in [0.2, 0.25) is 11.8 Å². The third-order valence-electron chi connectivity index (χ3n) is 4.38. The first kappa shape index (κ1) is 22.8. The molecule has 0 saturated heterocycles. The fourth-order valence-corrected chi connectivity index (χ4v) is 3.49. The van der Waals surface area contributed by atoms with Gasteiger partial charge in [0.15, 0.2) is 0 Å². The third kappa shape index (κ3) is 7.79. The number of carbonyl (C=O) groups is 2. The Morgan fingerprint density at radius 3 is 2.38 bits per heavy atom. The molecular formula is C22H29N3O3S. The normalized spacial score (nSPS) is 11.8. The summed E-state index contributed by atoms with van der Waals surface area (Å²) in [6.07, 6.45) is 0.